The second kappa shape index (κ2) is 7.04. The lowest BCUT2D eigenvalue weighted by Gasteiger charge is -2.15. The van der Waals surface area contributed by atoms with Gasteiger partial charge in [-0.05, 0) is 25.0 Å². The highest BCUT2D eigenvalue weighted by Gasteiger charge is 2.05. The molecule has 0 aliphatic heterocycles. The van der Waals surface area contributed by atoms with E-state index in [0.29, 0.717) is 6.61 Å². The van der Waals surface area contributed by atoms with Crippen LogP contribution in [0.5, 0.6) is 5.75 Å². The average molecular weight is 206 g/mol. The fourth-order valence-electron chi connectivity index (χ4n) is 1.25. The third-order valence-corrected chi connectivity index (χ3v) is 2.15. The van der Waals surface area contributed by atoms with Gasteiger partial charge in [0.1, 0.15) is 12.4 Å². The topological polar surface area (TPSA) is 47.3 Å². The molecule has 82 valence electrons. The van der Waals surface area contributed by atoms with Gasteiger partial charge < -0.3 is 4.74 Å². The minimum atomic E-state index is 0.170. The van der Waals surface area contributed by atoms with Crippen LogP contribution in [0.15, 0.2) is 43.0 Å². The number of hydrogen-bond acceptors (Lipinski definition) is 3. The molecule has 15 heavy (non-hydrogen) atoms. The summed E-state index contributed by atoms with van der Waals surface area (Å²) in [6.07, 6.45) is 3.76. The highest BCUT2D eigenvalue weighted by molar-refractivity contribution is 5.20. The maximum absolute atomic E-state index is 5.58. The number of hydrogen-bond donors (Lipinski definition) is 2. The molecule has 1 atom stereocenters. The summed E-state index contributed by atoms with van der Waals surface area (Å²) in [6, 6.07) is 9.89. The molecule has 0 heterocycles. The number of hydrazine groups is 1. The monoisotopic (exact) mass is 206 g/mol. The van der Waals surface area contributed by atoms with E-state index in [2.05, 4.69) is 12.0 Å². The summed E-state index contributed by atoms with van der Waals surface area (Å²) in [5.41, 5.74) is 2.73. The predicted octanol–water partition coefficient (Wildman–Crippen LogP) is 1.86. The molecule has 0 fully saturated rings. The summed E-state index contributed by atoms with van der Waals surface area (Å²) in [6.45, 7) is 4.25. The fraction of sp³-hybridized carbons (Fsp3) is 0.333. The third-order valence-electron chi connectivity index (χ3n) is 2.15. The van der Waals surface area contributed by atoms with E-state index in [-0.39, 0.29) is 6.04 Å². The van der Waals surface area contributed by atoms with Crippen LogP contribution in [-0.2, 0) is 0 Å². The minimum Gasteiger partial charge on any atom is -0.492 e. The number of nitrogens with two attached hydrogens (primary N) is 1. The molecule has 0 radical (unpaired) electrons. The lowest BCUT2D eigenvalue weighted by molar-refractivity contribution is 0.258. The van der Waals surface area contributed by atoms with Gasteiger partial charge in [0.2, 0.25) is 0 Å². The molecule has 0 aromatic heterocycles. The average Bonchev–Trinajstić information content (AvgIpc) is 2.31. The maximum Gasteiger partial charge on any atom is 0.119 e. The molecule has 0 spiro atoms. The number of para-hydroxylation sites is 1. The van der Waals surface area contributed by atoms with Crippen LogP contribution < -0.4 is 16.0 Å². The van der Waals surface area contributed by atoms with Crippen molar-refractivity contribution in [1.82, 2.24) is 5.43 Å². The molecule has 0 saturated carbocycles. The van der Waals surface area contributed by atoms with Gasteiger partial charge in [0, 0.05) is 0 Å². The van der Waals surface area contributed by atoms with Crippen molar-refractivity contribution < 1.29 is 4.74 Å². The van der Waals surface area contributed by atoms with Crippen molar-refractivity contribution >= 4 is 0 Å². The summed E-state index contributed by atoms with van der Waals surface area (Å²) in [5.74, 6) is 6.29. The Kier molecular flexibility index (Phi) is 5.51. The molecule has 0 aliphatic carbocycles. The lowest BCUT2D eigenvalue weighted by Crippen LogP contribution is -2.39. The van der Waals surface area contributed by atoms with Gasteiger partial charge in [0.15, 0.2) is 0 Å². The van der Waals surface area contributed by atoms with Crippen molar-refractivity contribution in [2.24, 2.45) is 5.84 Å². The van der Waals surface area contributed by atoms with Crippen LogP contribution in [0, 0.1) is 0 Å². The zero-order valence-corrected chi connectivity index (χ0v) is 8.86. The quantitative estimate of drug-likeness (QED) is 0.407. The van der Waals surface area contributed by atoms with E-state index in [1.165, 1.54) is 0 Å². The molecule has 1 aromatic carbocycles. The van der Waals surface area contributed by atoms with Crippen LogP contribution in [0.2, 0.25) is 0 Å². The fourth-order valence-corrected chi connectivity index (χ4v) is 1.25. The number of nitrogens with one attached hydrogen (secondary N) is 1. The molecule has 3 N–H and O–H groups in total. The van der Waals surface area contributed by atoms with Gasteiger partial charge in [-0.1, -0.05) is 24.3 Å². The molecular formula is C12H18N2O. The summed E-state index contributed by atoms with van der Waals surface area (Å²) in [7, 11) is 0. The van der Waals surface area contributed by atoms with E-state index in [1.807, 2.05) is 36.4 Å². The Balaban J connectivity index is 2.31. The molecule has 3 nitrogen and oxygen atoms in total. The van der Waals surface area contributed by atoms with E-state index < -0.39 is 0 Å². The first-order valence-corrected chi connectivity index (χ1v) is 5.11. The normalized spacial score (nSPS) is 12.1. The first-order chi connectivity index (χ1) is 7.36. The van der Waals surface area contributed by atoms with Gasteiger partial charge in [0.05, 0.1) is 6.04 Å². The van der Waals surface area contributed by atoms with Gasteiger partial charge in [-0.2, -0.15) is 0 Å². The van der Waals surface area contributed by atoms with Crippen LogP contribution >= 0.6 is 0 Å². The van der Waals surface area contributed by atoms with Crippen LogP contribution in [0.1, 0.15) is 12.8 Å². The molecule has 3 heteroatoms. The van der Waals surface area contributed by atoms with Crippen molar-refractivity contribution in [2.75, 3.05) is 6.61 Å². The number of benzene rings is 1. The summed E-state index contributed by atoms with van der Waals surface area (Å²) < 4.78 is 5.58. The van der Waals surface area contributed by atoms with Crippen LogP contribution in [0.4, 0.5) is 0 Å². The van der Waals surface area contributed by atoms with Gasteiger partial charge in [-0.25, -0.2) is 0 Å². The van der Waals surface area contributed by atoms with E-state index in [1.54, 1.807) is 0 Å². The Hall–Kier alpha value is -1.32. The zero-order valence-electron chi connectivity index (χ0n) is 8.86. The smallest absolute Gasteiger partial charge is 0.119 e. The minimum absolute atomic E-state index is 0.170. The Morgan fingerprint density at radius 1 is 1.40 bits per heavy atom. The van der Waals surface area contributed by atoms with Crippen molar-refractivity contribution in [3.05, 3.63) is 43.0 Å². The standard InChI is InChI=1S/C12H18N2O/c1-2-3-7-11(14-13)10-15-12-8-5-4-6-9-12/h2,4-6,8-9,11,14H,1,3,7,10,13H2. The maximum atomic E-state index is 5.58. The van der Waals surface area contributed by atoms with E-state index in [4.69, 9.17) is 10.6 Å². The van der Waals surface area contributed by atoms with Gasteiger partial charge in [-0.3, -0.25) is 11.3 Å². The summed E-state index contributed by atoms with van der Waals surface area (Å²) >= 11 is 0. The van der Waals surface area contributed by atoms with E-state index in [0.717, 1.165) is 18.6 Å². The summed E-state index contributed by atoms with van der Waals surface area (Å²) in [4.78, 5) is 0. The van der Waals surface area contributed by atoms with E-state index >= 15 is 0 Å². The zero-order chi connectivity index (χ0) is 10.9. The van der Waals surface area contributed by atoms with Gasteiger partial charge in [0.25, 0.3) is 0 Å². The molecule has 0 saturated heterocycles. The van der Waals surface area contributed by atoms with Crippen molar-refractivity contribution in [1.29, 1.82) is 0 Å². The van der Waals surface area contributed by atoms with Gasteiger partial charge >= 0.3 is 0 Å². The highest BCUT2D eigenvalue weighted by Crippen LogP contribution is 2.09. The Morgan fingerprint density at radius 3 is 2.73 bits per heavy atom. The predicted molar refractivity (Wildman–Crippen MR) is 62.5 cm³/mol. The Labute approximate surface area is 90.9 Å². The molecule has 0 bridgehead atoms. The largest absolute Gasteiger partial charge is 0.492 e. The lowest BCUT2D eigenvalue weighted by atomic mass is 10.2. The second-order valence-electron chi connectivity index (χ2n) is 3.35. The third kappa shape index (κ3) is 4.63. The molecule has 0 aliphatic rings. The van der Waals surface area contributed by atoms with Crippen molar-refractivity contribution in [3.63, 3.8) is 0 Å². The summed E-state index contributed by atoms with van der Waals surface area (Å²) in [5, 5.41) is 0. The van der Waals surface area contributed by atoms with Crippen molar-refractivity contribution in [2.45, 2.75) is 18.9 Å². The van der Waals surface area contributed by atoms with Gasteiger partial charge in [-0.15, -0.1) is 6.58 Å². The first kappa shape index (κ1) is 11.8. The highest BCUT2D eigenvalue weighted by atomic mass is 16.5. The first-order valence-electron chi connectivity index (χ1n) is 5.11. The Bertz CT molecular complexity index is 274. The number of allylic oxidation sites excluding steroid dienone is 1. The van der Waals surface area contributed by atoms with Crippen LogP contribution in [-0.4, -0.2) is 12.6 Å². The van der Waals surface area contributed by atoms with Crippen molar-refractivity contribution in [3.8, 4) is 5.75 Å². The molecule has 0 amide bonds. The molecule has 1 rings (SSSR count). The number of ether oxygens (including phenoxy) is 1. The van der Waals surface area contributed by atoms with E-state index in [9.17, 15) is 0 Å². The van der Waals surface area contributed by atoms with Crippen LogP contribution in [0.25, 0.3) is 0 Å². The number of rotatable bonds is 7. The molecule has 1 unspecified atom stereocenters. The second-order valence-corrected chi connectivity index (χ2v) is 3.35. The van der Waals surface area contributed by atoms with Crippen LogP contribution in [0.3, 0.4) is 0 Å². The molecule has 1 aromatic rings. The SMILES string of the molecule is C=CCCC(COc1ccccc1)NN. The Morgan fingerprint density at radius 2 is 2.13 bits per heavy atom. The molecular weight excluding hydrogens is 188 g/mol.